The summed E-state index contributed by atoms with van der Waals surface area (Å²) in [5.41, 5.74) is 0. The molecule has 0 spiro atoms. The molecule has 1 N–H and O–H groups in total. The van der Waals surface area contributed by atoms with Gasteiger partial charge in [0.15, 0.2) is 0 Å². The molecule has 4 unspecified atom stereocenters. The van der Waals surface area contributed by atoms with E-state index in [1.807, 2.05) is 0 Å². The van der Waals surface area contributed by atoms with Gasteiger partial charge in [-0.2, -0.15) is 0 Å². The van der Waals surface area contributed by atoms with Crippen LogP contribution in [0.2, 0.25) is 0 Å². The highest BCUT2D eigenvalue weighted by atomic mass is 16.5. The summed E-state index contributed by atoms with van der Waals surface area (Å²) in [4.78, 5) is 0. The van der Waals surface area contributed by atoms with Crippen LogP contribution in [0.3, 0.4) is 0 Å². The number of nitrogens with one attached hydrogen (secondary N) is 1. The summed E-state index contributed by atoms with van der Waals surface area (Å²) in [6.45, 7) is 7.68. The van der Waals surface area contributed by atoms with E-state index in [1.165, 1.54) is 32.1 Å². The lowest BCUT2D eigenvalue weighted by Crippen LogP contribution is -2.47. The van der Waals surface area contributed by atoms with Crippen molar-refractivity contribution < 1.29 is 9.47 Å². The Balaban J connectivity index is 1.84. The van der Waals surface area contributed by atoms with Crippen LogP contribution in [0.15, 0.2) is 0 Å². The molecule has 0 amide bonds. The van der Waals surface area contributed by atoms with Crippen molar-refractivity contribution in [3.8, 4) is 0 Å². The first-order valence-corrected chi connectivity index (χ1v) is 8.23. The van der Waals surface area contributed by atoms with Gasteiger partial charge in [-0.05, 0) is 52.5 Å². The maximum absolute atomic E-state index is 6.44. The number of hydrogen-bond acceptors (Lipinski definition) is 3. The van der Waals surface area contributed by atoms with E-state index >= 15 is 0 Å². The van der Waals surface area contributed by atoms with Gasteiger partial charge in [-0.25, -0.2) is 0 Å². The molecule has 112 valence electrons. The van der Waals surface area contributed by atoms with E-state index in [0.29, 0.717) is 30.5 Å². The molecule has 1 saturated carbocycles. The van der Waals surface area contributed by atoms with Gasteiger partial charge in [-0.1, -0.05) is 19.8 Å². The average Bonchev–Trinajstić information content (AvgIpc) is 2.36. The molecule has 2 fully saturated rings. The van der Waals surface area contributed by atoms with Crippen molar-refractivity contribution in [2.24, 2.45) is 0 Å². The predicted octanol–water partition coefficient (Wildman–Crippen LogP) is 3.27. The Labute approximate surface area is 118 Å². The zero-order chi connectivity index (χ0) is 13.7. The van der Waals surface area contributed by atoms with Crippen LogP contribution in [0.4, 0.5) is 0 Å². The smallest absolute Gasteiger partial charge is 0.0731 e. The maximum Gasteiger partial charge on any atom is 0.0731 e. The largest absolute Gasteiger partial charge is 0.375 e. The third-order valence-corrected chi connectivity index (χ3v) is 4.38. The van der Waals surface area contributed by atoms with Crippen molar-refractivity contribution in [2.45, 2.75) is 96.2 Å². The molecule has 2 rings (SSSR count). The zero-order valence-electron chi connectivity index (χ0n) is 12.9. The van der Waals surface area contributed by atoms with Crippen LogP contribution >= 0.6 is 0 Å². The lowest BCUT2D eigenvalue weighted by molar-refractivity contribution is -0.132. The number of hydrogen-bond donors (Lipinski definition) is 1. The van der Waals surface area contributed by atoms with E-state index in [2.05, 4.69) is 26.1 Å². The van der Waals surface area contributed by atoms with Gasteiger partial charge in [0.1, 0.15) is 0 Å². The molecule has 2 aliphatic rings. The first-order valence-electron chi connectivity index (χ1n) is 8.23. The van der Waals surface area contributed by atoms with E-state index in [1.54, 1.807) is 0 Å². The van der Waals surface area contributed by atoms with Crippen LogP contribution in [-0.4, -0.2) is 37.0 Å². The highest BCUT2D eigenvalue weighted by Gasteiger charge is 2.31. The third-order valence-electron chi connectivity index (χ3n) is 4.38. The van der Waals surface area contributed by atoms with Crippen molar-refractivity contribution >= 4 is 0 Å². The summed E-state index contributed by atoms with van der Waals surface area (Å²) in [5.74, 6) is 0. The number of rotatable bonds is 5. The summed E-state index contributed by atoms with van der Waals surface area (Å²) in [5, 5.41) is 3.68. The lowest BCUT2D eigenvalue weighted by Gasteiger charge is -2.38. The molecule has 19 heavy (non-hydrogen) atoms. The second kappa shape index (κ2) is 7.61. The summed E-state index contributed by atoms with van der Waals surface area (Å²) >= 11 is 0. The van der Waals surface area contributed by atoms with Gasteiger partial charge in [0, 0.05) is 6.04 Å². The summed E-state index contributed by atoms with van der Waals surface area (Å²) in [6, 6.07) is 0.571. The summed E-state index contributed by atoms with van der Waals surface area (Å²) < 4.78 is 12.2. The van der Waals surface area contributed by atoms with Crippen LogP contribution in [0.25, 0.3) is 0 Å². The minimum Gasteiger partial charge on any atom is -0.375 e. The van der Waals surface area contributed by atoms with E-state index < -0.39 is 0 Å². The molecule has 1 saturated heterocycles. The van der Waals surface area contributed by atoms with E-state index in [9.17, 15) is 0 Å². The average molecular weight is 269 g/mol. The summed E-state index contributed by atoms with van der Waals surface area (Å²) in [6.07, 6.45) is 10.00. The normalized spacial score (nSPS) is 40.3. The molecule has 3 heteroatoms. The highest BCUT2D eigenvalue weighted by molar-refractivity contribution is 4.84. The van der Waals surface area contributed by atoms with Crippen molar-refractivity contribution in [1.82, 2.24) is 5.32 Å². The van der Waals surface area contributed by atoms with E-state index in [4.69, 9.17) is 9.47 Å². The molecule has 1 aliphatic carbocycles. The molecule has 0 bridgehead atoms. The second-order valence-corrected chi connectivity index (χ2v) is 6.37. The first kappa shape index (κ1) is 15.3. The molecule has 0 aromatic rings. The third kappa shape index (κ3) is 4.73. The predicted molar refractivity (Wildman–Crippen MR) is 78.5 cm³/mol. The van der Waals surface area contributed by atoms with Crippen molar-refractivity contribution in [2.75, 3.05) is 6.54 Å². The van der Waals surface area contributed by atoms with Gasteiger partial charge in [0.05, 0.1) is 24.4 Å². The Morgan fingerprint density at radius 2 is 1.79 bits per heavy atom. The minimum atomic E-state index is 0.347. The SMILES string of the molecule is CCCNC1CCCCC1OC1CC(C)OC(C)C1. The Hall–Kier alpha value is -0.120. The number of ether oxygens (including phenoxy) is 2. The first-order chi connectivity index (χ1) is 9.19. The van der Waals surface area contributed by atoms with Crippen molar-refractivity contribution in [3.63, 3.8) is 0 Å². The van der Waals surface area contributed by atoms with Gasteiger partial charge in [0.25, 0.3) is 0 Å². The summed E-state index contributed by atoms with van der Waals surface area (Å²) in [7, 11) is 0. The zero-order valence-corrected chi connectivity index (χ0v) is 12.9. The van der Waals surface area contributed by atoms with E-state index in [0.717, 1.165) is 19.4 Å². The van der Waals surface area contributed by atoms with Gasteiger partial charge >= 0.3 is 0 Å². The molecular formula is C16H31NO2. The standard InChI is InChI=1S/C16H31NO2/c1-4-9-17-15-7-5-6-8-16(15)19-14-10-12(2)18-13(3)11-14/h12-17H,4-11H2,1-3H3. The second-order valence-electron chi connectivity index (χ2n) is 6.37. The molecular weight excluding hydrogens is 238 g/mol. The van der Waals surface area contributed by atoms with E-state index in [-0.39, 0.29) is 0 Å². The fourth-order valence-corrected chi connectivity index (χ4v) is 3.53. The molecule has 0 aromatic heterocycles. The van der Waals surface area contributed by atoms with Crippen LogP contribution in [0, 0.1) is 0 Å². The Morgan fingerprint density at radius 3 is 2.47 bits per heavy atom. The fraction of sp³-hybridized carbons (Fsp3) is 1.00. The molecule has 1 aliphatic heterocycles. The Kier molecular flexibility index (Phi) is 6.11. The van der Waals surface area contributed by atoms with Gasteiger partial charge in [0.2, 0.25) is 0 Å². The molecule has 0 aromatic carbocycles. The monoisotopic (exact) mass is 269 g/mol. The fourth-order valence-electron chi connectivity index (χ4n) is 3.53. The van der Waals surface area contributed by atoms with Crippen LogP contribution in [-0.2, 0) is 9.47 Å². The highest BCUT2D eigenvalue weighted by Crippen LogP contribution is 2.28. The maximum atomic E-state index is 6.44. The Morgan fingerprint density at radius 1 is 1.11 bits per heavy atom. The molecule has 0 radical (unpaired) electrons. The molecule has 3 nitrogen and oxygen atoms in total. The quantitative estimate of drug-likeness (QED) is 0.831. The topological polar surface area (TPSA) is 30.5 Å². The lowest BCUT2D eigenvalue weighted by atomic mass is 9.91. The van der Waals surface area contributed by atoms with Gasteiger partial charge < -0.3 is 14.8 Å². The van der Waals surface area contributed by atoms with Gasteiger partial charge in [-0.3, -0.25) is 0 Å². The van der Waals surface area contributed by atoms with Crippen molar-refractivity contribution in [3.05, 3.63) is 0 Å². The van der Waals surface area contributed by atoms with Crippen LogP contribution < -0.4 is 5.32 Å². The Bertz CT molecular complexity index is 249. The van der Waals surface area contributed by atoms with Crippen LogP contribution in [0.1, 0.15) is 65.7 Å². The minimum absolute atomic E-state index is 0.347. The van der Waals surface area contributed by atoms with Crippen molar-refractivity contribution in [1.29, 1.82) is 0 Å². The van der Waals surface area contributed by atoms with Gasteiger partial charge in [-0.15, -0.1) is 0 Å². The van der Waals surface area contributed by atoms with Crippen LogP contribution in [0.5, 0.6) is 0 Å². The molecule has 1 heterocycles. The molecule has 4 atom stereocenters.